The van der Waals surface area contributed by atoms with E-state index < -0.39 is 0 Å². The van der Waals surface area contributed by atoms with Gasteiger partial charge in [0.15, 0.2) is 0 Å². The van der Waals surface area contributed by atoms with E-state index in [9.17, 15) is 4.79 Å². The fourth-order valence-electron chi connectivity index (χ4n) is 2.90. The highest BCUT2D eigenvalue weighted by atomic mass is 35.5. The lowest BCUT2D eigenvalue weighted by Crippen LogP contribution is -2.03. The maximum absolute atomic E-state index is 11.5. The highest BCUT2D eigenvalue weighted by Gasteiger charge is 2.22. The van der Waals surface area contributed by atoms with Crippen molar-refractivity contribution in [2.75, 3.05) is 5.32 Å². The summed E-state index contributed by atoms with van der Waals surface area (Å²) in [7, 11) is 0. The number of aryl methyl sites for hydroxylation is 1. The number of nitrogens with one attached hydrogen (secondary N) is 1. The van der Waals surface area contributed by atoms with Gasteiger partial charge < -0.3 is 5.32 Å². The number of fused-ring (bicyclic) bond motifs is 2. The van der Waals surface area contributed by atoms with Crippen LogP contribution >= 0.6 is 11.6 Å². The summed E-state index contributed by atoms with van der Waals surface area (Å²) >= 11 is 6.31. The van der Waals surface area contributed by atoms with E-state index in [1.54, 1.807) is 6.20 Å². The van der Waals surface area contributed by atoms with Crippen molar-refractivity contribution in [2.24, 2.45) is 0 Å². The Balaban J connectivity index is 1.98. The van der Waals surface area contributed by atoms with Crippen molar-refractivity contribution in [1.82, 2.24) is 9.55 Å². The number of pyridine rings is 1. The number of rotatable bonds is 1. The fourth-order valence-corrected chi connectivity index (χ4v) is 3.18. The van der Waals surface area contributed by atoms with Crippen molar-refractivity contribution in [3.8, 4) is 5.69 Å². The number of carbonyl (C=O) groups is 1. The Morgan fingerprint density at radius 1 is 1.33 bits per heavy atom. The van der Waals surface area contributed by atoms with Crippen LogP contribution in [0.1, 0.15) is 11.3 Å². The number of aromatic nitrogens is 2. The summed E-state index contributed by atoms with van der Waals surface area (Å²) in [6.45, 7) is 2.03. The van der Waals surface area contributed by atoms with E-state index in [0.29, 0.717) is 11.4 Å². The van der Waals surface area contributed by atoms with Crippen LogP contribution in [0.2, 0.25) is 5.02 Å². The van der Waals surface area contributed by atoms with Gasteiger partial charge in [0.05, 0.1) is 17.1 Å². The van der Waals surface area contributed by atoms with E-state index in [1.807, 2.05) is 31.2 Å². The first-order chi connectivity index (χ1) is 10.1. The molecule has 4 nitrogen and oxygen atoms in total. The summed E-state index contributed by atoms with van der Waals surface area (Å²) in [5.74, 6) is -0.0174. The summed E-state index contributed by atoms with van der Waals surface area (Å²) in [6.07, 6.45) is 2.15. The molecule has 1 N–H and O–H groups in total. The number of nitrogens with zero attached hydrogens (tertiary/aromatic N) is 2. The minimum Gasteiger partial charge on any atom is -0.324 e. The summed E-state index contributed by atoms with van der Waals surface area (Å²) in [5, 5.41) is 4.44. The minimum absolute atomic E-state index is 0.0174. The highest BCUT2D eigenvalue weighted by Crippen LogP contribution is 2.35. The smallest absolute Gasteiger partial charge is 0.228 e. The first kappa shape index (κ1) is 12.4. The molecule has 0 atom stereocenters. The Labute approximate surface area is 126 Å². The molecule has 21 heavy (non-hydrogen) atoms. The molecule has 0 fully saturated rings. The van der Waals surface area contributed by atoms with Gasteiger partial charge in [-0.1, -0.05) is 11.6 Å². The van der Waals surface area contributed by atoms with Crippen molar-refractivity contribution < 1.29 is 4.79 Å². The molecule has 5 heteroatoms. The molecule has 3 heterocycles. The van der Waals surface area contributed by atoms with Crippen molar-refractivity contribution in [2.45, 2.75) is 13.3 Å². The molecule has 0 radical (unpaired) electrons. The van der Waals surface area contributed by atoms with Crippen LogP contribution in [0, 0.1) is 6.92 Å². The lowest BCUT2D eigenvalue weighted by atomic mass is 10.1. The quantitative estimate of drug-likeness (QED) is 0.747. The number of benzene rings is 1. The highest BCUT2D eigenvalue weighted by molar-refractivity contribution is 6.34. The van der Waals surface area contributed by atoms with Gasteiger partial charge in [0.2, 0.25) is 5.91 Å². The molecule has 2 aromatic heterocycles. The predicted octanol–water partition coefficient (Wildman–Crippen LogP) is 3.48. The second-order valence-electron chi connectivity index (χ2n) is 5.22. The van der Waals surface area contributed by atoms with Gasteiger partial charge in [-0.15, -0.1) is 0 Å². The summed E-state index contributed by atoms with van der Waals surface area (Å²) in [4.78, 5) is 16.0. The zero-order valence-corrected chi connectivity index (χ0v) is 12.1. The van der Waals surface area contributed by atoms with Gasteiger partial charge in [0, 0.05) is 23.0 Å². The standard InChI is InChI=1S/C16H12ClN3O/c1-9-5-10-3-2-4-18-16(10)20(9)12-6-11-7-14(21)19-15(11)13(17)8-12/h2-6,8H,7H2,1H3,(H,19,21). The lowest BCUT2D eigenvalue weighted by Gasteiger charge is -2.11. The second-order valence-corrected chi connectivity index (χ2v) is 5.63. The monoisotopic (exact) mass is 297 g/mol. The SMILES string of the molecule is Cc1cc2cccnc2n1-c1cc(Cl)c2c(c1)CC(=O)N2. The van der Waals surface area contributed by atoms with Crippen LogP contribution in [0.3, 0.4) is 0 Å². The minimum atomic E-state index is -0.0174. The van der Waals surface area contributed by atoms with Crippen LogP contribution in [0.5, 0.6) is 0 Å². The summed E-state index contributed by atoms with van der Waals surface area (Å²) in [5.41, 5.74) is 4.56. The molecule has 104 valence electrons. The Hall–Kier alpha value is -2.33. The number of hydrogen-bond donors (Lipinski definition) is 1. The van der Waals surface area contributed by atoms with Crippen LogP contribution in [0.4, 0.5) is 5.69 Å². The molecule has 0 saturated heterocycles. The molecule has 3 aromatic rings. The van der Waals surface area contributed by atoms with Gasteiger partial charge >= 0.3 is 0 Å². The van der Waals surface area contributed by atoms with Gasteiger partial charge in [0.25, 0.3) is 0 Å². The number of amides is 1. The lowest BCUT2D eigenvalue weighted by molar-refractivity contribution is -0.115. The molecule has 0 bridgehead atoms. The molecule has 0 spiro atoms. The Morgan fingerprint density at radius 2 is 2.19 bits per heavy atom. The molecule has 0 unspecified atom stereocenters. The number of halogens is 1. The molecule has 1 aromatic carbocycles. The van der Waals surface area contributed by atoms with E-state index in [2.05, 4.69) is 20.9 Å². The average molecular weight is 298 g/mol. The zero-order chi connectivity index (χ0) is 14.6. The molecule has 0 aliphatic carbocycles. The maximum Gasteiger partial charge on any atom is 0.228 e. The van der Waals surface area contributed by atoms with Crippen LogP contribution in [-0.4, -0.2) is 15.5 Å². The molecule has 0 saturated carbocycles. The largest absolute Gasteiger partial charge is 0.324 e. The molecule has 4 rings (SSSR count). The van der Waals surface area contributed by atoms with E-state index in [-0.39, 0.29) is 5.91 Å². The molecule has 1 amide bonds. The van der Waals surface area contributed by atoms with E-state index in [1.165, 1.54) is 0 Å². The fraction of sp³-hybridized carbons (Fsp3) is 0.125. The zero-order valence-electron chi connectivity index (χ0n) is 11.4. The van der Waals surface area contributed by atoms with Crippen molar-refractivity contribution in [3.63, 3.8) is 0 Å². The predicted molar refractivity (Wildman–Crippen MR) is 83.2 cm³/mol. The normalized spacial score (nSPS) is 13.5. The van der Waals surface area contributed by atoms with Gasteiger partial charge in [-0.05, 0) is 42.8 Å². The number of hydrogen-bond acceptors (Lipinski definition) is 2. The molecular formula is C16H12ClN3O. The Bertz CT molecular complexity index is 898. The third-order valence-corrected chi connectivity index (χ3v) is 4.07. The van der Waals surface area contributed by atoms with Crippen molar-refractivity contribution in [1.29, 1.82) is 0 Å². The van der Waals surface area contributed by atoms with Crippen LogP contribution in [0.15, 0.2) is 36.5 Å². The van der Waals surface area contributed by atoms with E-state index >= 15 is 0 Å². The topological polar surface area (TPSA) is 46.9 Å². The van der Waals surface area contributed by atoms with Gasteiger partial charge in [-0.2, -0.15) is 0 Å². The maximum atomic E-state index is 11.5. The van der Waals surface area contributed by atoms with Gasteiger partial charge in [-0.25, -0.2) is 4.98 Å². The Morgan fingerprint density at radius 3 is 3.05 bits per heavy atom. The average Bonchev–Trinajstić information content (AvgIpc) is 2.97. The summed E-state index contributed by atoms with van der Waals surface area (Å²) < 4.78 is 2.06. The van der Waals surface area contributed by atoms with Crippen LogP contribution in [0.25, 0.3) is 16.7 Å². The molecule has 1 aliphatic heterocycles. The number of anilines is 1. The van der Waals surface area contributed by atoms with Crippen LogP contribution < -0.4 is 5.32 Å². The molecule has 1 aliphatic rings. The van der Waals surface area contributed by atoms with Crippen molar-refractivity contribution >= 4 is 34.2 Å². The van der Waals surface area contributed by atoms with Gasteiger partial charge in [0.1, 0.15) is 5.65 Å². The third-order valence-electron chi connectivity index (χ3n) is 3.78. The van der Waals surface area contributed by atoms with Crippen LogP contribution in [-0.2, 0) is 11.2 Å². The Kier molecular flexibility index (Phi) is 2.56. The van der Waals surface area contributed by atoms with Gasteiger partial charge in [-0.3, -0.25) is 9.36 Å². The molecular weight excluding hydrogens is 286 g/mol. The van der Waals surface area contributed by atoms with E-state index in [4.69, 9.17) is 11.6 Å². The number of carbonyl (C=O) groups excluding carboxylic acids is 1. The summed E-state index contributed by atoms with van der Waals surface area (Å²) in [6, 6.07) is 9.91. The second kappa shape index (κ2) is 4.33. The first-order valence-electron chi connectivity index (χ1n) is 6.69. The third kappa shape index (κ3) is 1.83. The first-order valence-corrected chi connectivity index (χ1v) is 7.07. The van der Waals surface area contributed by atoms with E-state index in [0.717, 1.165) is 33.7 Å². The van der Waals surface area contributed by atoms with Crippen molar-refractivity contribution in [3.05, 3.63) is 52.8 Å².